The minimum atomic E-state index is -4.64. The Kier molecular flexibility index (Phi) is 41.1. The van der Waals surface area contributed by atoms with Crippen molar-refractivity contribution in [3.8, 4) is 0 Å². The number of carbonyl (C=O) groups excluding carboxylic acids is 3. The lowest BCUT2D eigenvalue weighted by Crippen LogP contribution is -2.29. The van der Waals surface area contributed by atoms with Crippen molar-refractivity contribution in [2.45, 2.75) is 232 Å². The van der Waals surface area contributed by atoms with Crippen molar-refractivity contribution in [1.29, 1.82) is 0 Å². The van der Waals surface area contributed by atoms with Gasteiger partial charge in [0, 0.05) is 19.3 Å². The van der Waals surface area contributed by atoms with Crippen LogP contribution in [0.5, 0.6) is 0 Å². The zero-order valence-electron chi connectivity index (χ0n) is 38.3. The van der Waals surface area contributed by atoms with Gasteiger partial charge >= 0.3 is 19.8 Å². The predicted octanol–water partition coefficient (Wildman–Crippen LogP) is 12.4. The first kappa shape index (κ1) is 58.1. The van der Waals surface area contributed by atoms with Crippen LogP contribution in [0.15, 0.2) is 24.3 Å². The molecule has 0 aliphatic carbocycles. The van der Waals surface area contributed by atoms with Crippen LogP contribution in [0.2, 0.25) is 0 Å². The van der Waals surface area contributed by atoms with Crippen molar-refractivity contribution in [1.82, 2.24) is 0 Å². The molecule has 60 heavy (non-hydrogen) atoms. The monoisotopic (exact) mass is 873 g/mol. The fraction of sp³-hybridized carbons (Fsp3) is 0.854. The van der Waals surface area contributed by atoms with E-state index in [1.165, 1.54) is 96.3 Å². The normalized spacial score (nSPS) is 13.9. The van der Waals surface area contributed by atoms with E-state index in [-0.39, 0.29) is 25.2 Å². The Labute approximate surface area is 365 Å². The Morgan fingerprint density at radius 1 is 0.583 bits per heavy atom. The molecule has 0 radical (unpaired) electrons. The average molecular weight is 873 g/mol. The maximum absolute atomic E-state index is 12.7. The van der Waals surface area contributed by atoms with Gasteiger partial charge in [0.05, 0.1) is 19.8 Å². The molecule has 0 amide bonds. The van der Waals surface area contributed by atoms with Crippen LogP contribution in [0.3, 0.4) is 0 Å². The predicted molar refractivity (Wildman–Crippen MR) is 243 cm³/mol. The molecule has 1 unspecified atom stereocenters. The number of phosphoric ester groups is 1. The van der Waals surface area contributed by atoms with E-state index in [1.807, 2.05) is 12.2 Å². The summed E-state index contributed by atoms with van der Waals surface area (Å²) in [6, 6.07) is 0. The summed E-state index contributed by atoms with van der Waals surface area (Å²) in [4.78, 5) is 46.8. The van der Waals surface area contributed by atoms with Crippen LogP contribution in [0, 0.1) is 5.92 Å². The third kappa shape index (κ3) is 42.8. The number of carbonyl (C=O) groups is 3. The number of allylic oxidation sites excluding steroid dienone is 4. The lowest BCUT2D eigenvalue weighted by atomic mass is 10.0. The molecule has 0 aromatic carbocycles. The van der Waals surface area contributed by atoms with E-state index in [0.717, 1.165) is 76.5 Å². The SMILES string of the molecule is CCCCCC(=O)/C=C/C=C\CCCCCCCC(=O)OC[C@H](COP(=O)(O)OC[C@@H](O)CO)OC(=O)CCCCCCCCCCCCCCCCCCCCC(C)C. The van der Waals surface area contributed by atoms with Crippen molar-refractivity contribution in [3.05, 3.63) is 24.3 Å². The summed E-state index contributed by atoms with van der Waals surface area (Å²) in [5.74, 6) is 0.0285. The van der Waals surface area contributed by atoms with Gasteiger partial charge in [-0.2, -0.15) is 0 Å². The summed E-state index contributed by atoms with van der Waals surface area (Å²) >= 11 is 0. The molecule has 0 rings (SSSR count). The van der Waals surface area contributed by atoms with Crippen LogP contribution >= 0.6 is 7.82 Å². The third-order valence-electron chi connectivity index (χ3n) is 10.5. The van der Waals surface area contributed by atoms with Crippen molar-refractivity contribution >= 4 is 25.5 Å². The number of ketones is 1. The Morgan fingerprint density at radius 2 is 1.05 bits per heavy atom. The highest BCUT2D eigenvalue weighted by Crippen LogP contribution is 2.43. The van der Waals surface area contributed by atoms with E-state index < -0.39 is 51.8 Å². The largest absolute Gasteiger partial charge is 0.472 e. The molecule has 0 aliphatic heterocycles. The van der Waals surface area contributed by atoms with Crippen LogP contribution in [-0.2, 0) is 37.5 Å². The van der Waals surface area contributed by atoms with Crippen molar-refractivity contribution in [2.24, 2.45) is 5.92 Å². The van der Waals surface area contributed by atoms with Gasteiger partial charge in [-0.1, -0.05) is 187 Å². The molecule has 3 atom stereocenters. The lowest BCUT2D eigenvalue weighted by molar-refractivity contribution is -0.161. The Hall–Kier alpha value is -1.88. The Morgan fingerprint density at radius 3 is 1.57 bits per heavy atom. The highest BCUT2D eigenvalue weighted by molar-refractivity contribution is 7.47. The van der Waals surface area contributed by atoms with Crippen molar-refractivity contribution in [3.63, 3.8) is 0 Å². The molecule has 11 nitrogen and oxygen atoms in total. The molecular weight excluding hydrogens is 783 g/mol. The lowest BCUT2D eigenvalue weighted by Gasteiger charge is -2.20. The van der Waals surface area contributed by atoms with Gasteiger partial charge < -0.3 is 24.6 Å². The standard InChI is InChI=1S/C48H89O11P/c1-4-5-29-35-44(50)36-31-26-22-18-16-20-23-27-32-37-47(52)56-41-46(42-58-60(54,55)57-40-45(51)39-49)59-48(53)38-33-28-24-19-15-13-11-9-7-6-8-10-12-14-17-21-25-30-34-43(2)3/h22,26,31,36,43,45-46,49,51H,4-21,23-25,27-30,32-35,37-42H2,1-3H3,(H,54,55)/b26-22-,36-31+/t45-,46+/m0/s1. The second kappa shape index (κ2) is 42.4. The van der Waals surface area contributed by atoms with Gasteiger partial charge in [0.2, 0.25) is 0 Å². The van der Waals surface area contributed by atoms with Crippen molar-refractivity contribution in [2.75, 3.05) is 26.4 Å². The summed E-state index contributed by atoms with van der Waals surface area (Å²) in [7, 11) is -4.64. The Balaban J connectivity index is 4.23. The molecule has 0 fully saturated rings. The molecule has 0 saturated heterocycles. The minimum absolute atomic E-state index is 0.167. The summed E-state index contributed by atoms with van der Waals surface area (Å²) in [5.41, 5.74) is 0. The van der Waals surface area contributed by atoms with Crippen LogP contribution < -0.4 is 0 Å². The maximum Gasteiger partial charge on any atom is 0.472 e. The van der Waals surface area contributed by atoms with Crippen LogP contribution in [0.4, 0.5) is 0 Å². The van der Waals surface area contributed by atoms with E-state index in [1.54, 1.807) is 6.08 Å². The first-order chi connectivity index (χ1) is 29.0. The highest BCUT2D eigenvalue weighted by Gasteiger charge is 2.27. The van der Waals surface area contributed by atoms with E-state index >= 15 is 0 Å². The van der Waals surface area contributed by atoms with Gasteiger partial charge in [-0.05, 0) is 44.1 Å². The molecule has 3 N–H and O–H groups in total. The smallest absolute Gasteiger partial charge is 0.462 e. The van der Waals surface area contributed by atoms with Crippen LogP contribution in [-0.4, -0.2) is 71.5 Å². The molecule has 12 heteroatoms. The third-order valence-corrected chi connectivity index (χ3v) is 11.5. The number of aliphatic hydroxyl groups excluding tert-OH is 2. The number of esters is 2. The molecule has 0 spiro atoms. The van der Waals surface area contributed by atoms with Gasteiger partial charge in [0.15, 0.2) is 11.9 Å². The van der Waals surface area contributed by atoms with Gasteiger partial charge in [0.1, 0.15) is 12.7 Å². The van der Waals surface area contributed by atoms with Gasteiger partial charge in [0.25, 0.3) is 0 Å². The van der Waals surface area contributed by atoms with Crippen LogP contribution in [0.25, 0.3) is 0 Å². The highest BCUT2D eigenvalue weighted by atomic mass is 31.2. The number of ether oxygens (including phenoxy) is 2. The number of phosphoric acid groups is 1. The van der Waals surface area contributed by atoms with Gasteiger partial charge in [-0.3, -0.25) is 23.4 Å². The second-order valence-corrected chi connectivity index (χ2v) is 18.5. The fourth-order valence-corrected chi connectivity index (χ4v) is 7.54. The number of unbranched alkanes of at least 4 members (excludes halogenated alkanes) is 24. The molecule has 0 saturated carbocycles. The fourth-order valence-electron chi connectivity index (χ4n) is 6.75. The molecule has 0 aromatic rings. The second-order valence-electron chi connectivity index (χ2n) is 17.0. The first-order valence-corrected chi connectivity index (χ1v) is 25.6. The van der Waals surface area contributed by atoms with E-state index in [4.69, 9.17) is 23.6 Å². The van der Waals surface area contributed by atoms with Gasteiger partial charge in [-0.15, -0.1) is 0 Å². The molecule has 352 valence electrons. The summed E-state index contributed by atoms with van der Waals surface area (Å²) < 4.78 is 32.7. The summed E-state index contributed by atoms with van der Waals surface area (Å²) in [6.07, 6.45) is 38.4. The number of rotatable bonds is 45. The number of hydrogen-bond acceptors (Lipinski definition) is 10. The zero-order valence-corrected chi connectivity index (χ0v) is 39.2. The van der Waals surface area contributed by atoms with E-state index in [0.29, 0.717) is 19.3 Å². The topological polar surface area (TPSA) is 166 Å². The van der Waals surface area contributed by atoms with E-state index in [2.05, 4.69) is 26.8 Å². The molecule has 0 heterocycles. The Bertz CT molecular complexity index is 1130. The average Bonchev–Trinajstić information content (AvgIpc) is 3.22. The maximum atomic E-state index is 12.7. The number of aliphatic hydroxyl groups is 2. The molecule has 0 aromatic heterocycles. The van der Waals surface area contributed by atoms with Crippen molar-refractivity contribution < 1.29 is 52.6 Å². The van der Waals surface area contributed by atoms with Crippen LogP contribution in [0.1, 0.15) is 220 Å². The first-order valence-electron chi connectivity index (χ1n) is 24.1. The molecular formula is C48H89O11P. The summed E-state index contributed by atoms with van der Waals surface area (Å²) in [6.45, 7) is 4.56. The minimum Gasteiger partial charge on any atom is -0.462 e. The molecule has 0 bridgehead atoms. The van der Waals surface area contributed by atoms with Gasteiger partial charge in [-0.25, -0.2) is 4.57 Å². The van der Waals surface area contributed by atoms with E-state index in [9.17, 15) is 28.9 Å². The summed E-state index contributed by atoms with van der Waals surface area (Å²) in [5, 5.41) is 18.4. The quantitative estimate of drug-likeness (QED) is 0.0175. The molecule has 0 aliphatic rings. The number of hydrogen-bond donors (Lipinski definition) is 3. The zero-order chi connectivity index (χ0) is 44.4.